The fourth-order valence-electron chi connectivity index (χ4n) is 6.49. The average molecular weight is 938 g/mol. The van der Waals surface area contributed by atoms with E-state index in [9.17, 15) is 48.3 Å². The summed E-state index contributed by atoms with van der Waals surface area (Å²) in [5.74, 6) is -9.98. The van der Waals surface area contributed by atoms with Gasteiger partial charge >= 0.3 is 11.9 Å². The van der Waals surface area contributed by atoms with E-state index >= 15 is 0 Å². The van der Waals surface area contributed by atoms with E-state index in [0.717, 1.165) is 11.8 Å². The van der Waals surface area contributed by atoms with Gasteiger partial charge in [-0.3, -0.25) is 43.3 Å². The van der Waals surface area contributed by atoms with Crippen LogP contribution in [0.3, 0.4) is 0 Å². The summed E-state index contributed by atoms with van der Waals surface area (Å²) in [7, 11) is 0. The lowest BCUT2D eigenvalue weighted by Gasteiger charge is -2.31. The van der Waals surface area contributed by atoms with E-state index in [1.807, 2.05) is 0 Å². The largest absolute Gasteiger partial charge is 0.481 e. The van der Waals surface area contributed by atoms with Gasteiger partial charge in [0.05, 0.1) is 18.8 Å². The molecule has 0 aromatic carbocycles. The smallest absolute Gasteiger partial charge is 0.326 e. The molecule has 0 bridgehead atoms. The standard InChI is InChI=1S/C40H67N13O11S/c1-7-20(5)30-38(62)49-26(14-22-16-44-18-46-22)35(59)48-25(34(58)53-31(39(63)64)21(6)8-2)11-13-65-17-27(36(60)52-30)50-37(61)29(19(3)4)51-33(57)24(10-9-12-45-40(42)43)47-32(56)23(41)15-28(54)55/h16,18-21,23-27,29-31H,7-15,17,41H2,1-6H3,(H,44,46)(H,47,56)(H,48,59)(H,49,62)(H,50,61)(H,51,57)(H,52,60)(H,53,58)(H,54,55)(H,63,64)(H4,42,43,45)/t20-,21-,23-,24-,25-,26-,27-,29-,30-,31-/m0/s1. The molecule has 1 aromatic heterocycles. The van der Waals surface area contributed by atoms with Crippen molar-refractivity contribution in [2.45, 2.75) is 135 Å². The second-order valence-corrected chi connectivity index (χ2v) is 17.5. The predicted molar refractivity (Wildman–Crippen MR) is 239 cm³/mol. The predicted octanol–water partition coefficient (Wildman–Crippen LogP) is -2.83. The lowest BCUT2D eigenvalue weighted by Crippen LogP contribution is -2.62. The summed E-state index contributed by atoms with van der Waals surface area (Å²) < 4.78 is 0. The molecular formula is C40H67N13O11S. The van der Waals surface area contributed by atoms with Crippen LogP contribution in [-0.4, -0.2) is 146 Å². The summed E-state index contributed by atoms with van der Waals surface area (Å²) in [6, 6.07) is -10.5. The lowest BCUT2D eigenvalue weighted by atomic mass is 9.97. The quantitative estimate of drug-likeness (QED) is 0.0317. The zero-order valence-corrected chi connectivity index (χ0v) is 38.5. The molecule has 1 fully saturated rings. The van der Waals surface area contributed by atoms with Crippen molar-refractivity contribution in [1.82, 2.24) is 47.2 Å². The number of aliphatic imine (C=N–C) groups is 1. The number of hydrogen-bond donors (Lipinski definition) is 13. The number of H-pyrrole nitrogens is 1. The fraction of sp³-hybridized carbons (Fsp3) is 0.675. The number of nitrogens with one attached hydrogen (secondary N) is 8. The van der Waals surface area contributed by atoms with Crippen LogP contribution in [0.5, 0.6) is 0 Å². The van der Waals surface area contributed by atoms with Gasteiger partial charge in [-0.15, -0.1) is 0 Å². The van der Waals surface area contributed by atoms with Crippen LogP contribution >= 0.6 is 11.8 Å². The molecule has 16 N–H and O–H groups in total. The van der Waals surface area contributed by atoms with Crippen LogP contribution in [0.15, 0.2) is 17.5 Å². The second kappa shape index (κ2) is 27.4. The first-order valence-corrected chi connectivity index (χ1v) is 22.7. The summed E-state index contributed by atoms with van der Waals surface area (Å²) in [5, 5.41) is 37.4. The molecular weight excluding hydrogens is 871 g/mol. The van der Waals surface area contributed by atoms with Crippen LogP contribution in [0.2, 0.25) is 0 Å². The average Bonchev–Trinajstić information content (AvgIpc) is 3.76. The Bertz CT molecular complexity index is 1830. The van der Waals surface area contributed by atoms with E-state index in [1.165, 1.54) is 12.5 Å². The molecule has 65 heavy (non-hydrogen) atoms. The van der Waals surface area contributed by atoms with Gasteiger partial charge < -0.3 is 69.6 Å². The first kappa shape index (κ1) is 55.2. The van der Waals surface area contributed by atoms with Crippen LogP contribution < -0.4 is 54.4 Å². The van der Waals surface area contributed by atoms with Crippen molar-refractivity contribution in [2.75, 3.05) is 18.1 Å². The Morgan fingerprint density at radius 1 is 0.892 bits per heavy atom. The molecule has 0 aliphatic carbocycles. The molecule has 24 nitrogen and oxygen atoms in total. The van der Waals surface area contributed by atoms with Crippen molar-refractivity contribution in [2.24, 2.45) is 39.9 Å². The normalized spacial score (nSPS) is 21.3. The Morgan fingerprint density at radius 3 is 2.15 bits per heavy atom. The number of carbonyl (C=O) groups excluding carboxylic acids is 7. The number of imidazole rings is 1. The molecule has 7 amide bonds. The van der Waals surface area contributed by atoms with Crippen LogP contribution in [-0.2, 0) is 49.6 Å². The van der Waals surface area contributed by atoms with Crippen molar-refractivity contribution in [1.29, 1.82) is 0 Å². The number of thioether (sulfide) groups is 1. The summed E-state index contributed by atoms with van der Waals surface area (Å²) >= 11 is 1.12. The van der Waals surface area contributed by atoms with Gasteiger partial charge in [0.1, 0.15) is 42.3 Å². The number of guanidine groups is 1. The molecule has 0 unspecified atom stereocenters. The van der Waals surface area contributed by atoms with E-state index in [4.69, 9.17) is 22.3 Å². The number of carboxylic acids is 2. The SMILES string of the molecule is CC[C@H](C)[C@H](NC(=O)[C@@H]1CCSC[C@H](NC(=O)[C@@H](NC(=O)[C@H](CCCN=C(N)N)NC(=O)[C@@H](N)CC(=O)O)C(C)C)C(=O)N[C@@H]([C@@H](C)CC)C(=O)N[C@@H](Cc2cnc[nH]2)C(=O)N1)C(=O)O. The molecule has 1 aromatic rings. The van der Waals surface area contributed by atoms with Crippen LogP contribution in [0.1, 0.15) is 85.8 Å². The lowest BCUT2D eigenvalue weighted by molar-refractivity contribution is -0.144. The number of aliphatic carboxylic acids is 2. The highest BCUT2D eigenvalue weighted by Crippen LogP contribution is 2.16. The van der Waals surface area contributed by atoms with Crippen LogP contribution in [0.4, 0.5) is 0 Å². The van der Waals surface area contributed by atoms with Crippen molar-refractivity contribution < 1.29 is 53.4 Å². The Balaban J connectivity index is 2.51. The van der Waals surface area contributed by atoms with Crippen LogP contribution in [0.25, 0.3) is 0 Å². The van der Waals surface area contributed by atoms with E-state index < -0.39 is 126 Å². The maximum atomic E-state index is 14.2. The Kier molecular flexibility index (Phi) is 23.2. The van der Waals surface area contributed by atoms with Gasteiger partial charge in [0, 0.05) is 30.6 Å². The Labute approximate surface area is 381 Å². The minimum atomic E-state index is -1.49. The summed E-state index contributed by atoms with van der Waals surface area (Å²) in [5.41, 5.74) is 17.0. The Hall–Kier alpha value is -5.98. The molecule has 0 saturated carbocycles. The maximum absolute atomic E-state index is 14.2. The maximum Gasteiger partial charge on any atom is 0.326 e. The van der Waals surface area contributed by atoms with Gasteiger partial charge in [0.25, 0.3) is 0 Å². The topological polar surface area (TPSA) is 397 Å². The first-order valence-electron chi connectivity index (χ1n) is 21.5. The number of carboxylic acid groups (broad SMARTS) is 2. The van der Waals surface area contributed by atoms with E-state index in [1.54, 1.807) is 41.5 Å². The van der Waals surface area contributed by atoms with Crippen molar-refractivity contribution in [3.05, 3.63) is 18.2 Å². The zero-order chi connectivity index (χ0) is 49.0. The molecule has 1 aliphatic heterocycles. The second-order valence-electron chi connectivity index (χ2n) is 16.4. The Morgan fingerprint density at radius 2 is 1.58 bits per heavy atom. The summed E-state index contributed by atoms with van der Waals surface area (Å²) in [4.78, 5) is 131. The number of hydrogen-bond acceptors (Lipinski definition) is 13. The number of amides is 7. The van der Waals surface area contributed by atoms with E-state index in [0.29, 0.717) is 18.5 Å². The van der Waals surface area contributed by atoms with E-state index in [-0.39, 0.29) is 49.7 Å². The first-order chi connectivity index (χ1) is 30.6. The van der Waals surface area contributed by atoms with Crippen LogP contribution in [0, 0.1) is 17.8 Å². The number of nitrogens with zero attached hydrogens (tertiary/aromatic N) is 2. The van der Waals surface area contributed by atoms with Gasteiger partial charge in [0.2, 0.25) is 41.4 Å². The van der Waals surface area contributed by atoms with Gasteiger partial charge in [0.15, 0.2) is 5.96 Å². The molecule has 0 spiro atoms. The molecule has 1 saturated heterocycles. The van der Waals surface area contributed by atoms with Gasteiger partial charge in [-0.2, -0.15) is 11.8 Å². The highest BCUT2D eigenvalue weighted by atomic mass is 32.2. The third kappa shape index (κ3) is 18.6. The monoisotopic (exact) mass is 937 g/mol. The third-order valence-electron chi connectivity index (χ3n) is 10.8. The van der Waals surface area contributed by atoms with Crippen molar-refractivity contribution in [3.63, 3.8) is 0 Å². The number of rotatable bonds is 22. The number of aromatic nitrogens is 2. The number of aromatic amines is 1. The molecule has 1 aliphatic rings. The minimum absolute atomic E-state index is 0.0435. The van der Waals surface area contributed by atoms with Gasteiger partial charge in [-0.1, -0.05) is 54.4 Å². The highest BCUT2D eigenvalue weighted by Gasteiger charge is 2.37. The van der Waals surface area contributed by atoms with E-state index in [2.05, 4.69) is 52.2 Å². The molecule has 2 rings (SSSR count). The third-order valence-corrected chi connectivity index (χ3v) is 11.9. The molecule has 25 heteroatoms. The van der Waals surface area contributed by atoms with Crippen molar-refractivity contribution >= 4 is 71.0 Å². The molecule has 10 atom stereocenters. The number of nitrogens with two attached hydrogens (primary N) is 3. The highest BCUT2D eigenvalue weighted by molar-refractivity contribution is 7.99. The molecule has 2 heterocycles. The fourth-order valence-corrected chi connectivity index (χ4v) is 7.53. The summed E-state index contributed by atoms with van der Waals surface area (Å²) in [6.45, 7) is 10.3. The zero-order valence-electron chi connectivity index (χ0n) is 37.7. The van der Waals surface area contributed by atoms with Crippen molar-refractivity contribution in [3.8, 4) is 0 Å². The summed E-state index contributed by atoms with van der Waals surface area (Å²) in [6.07, 6.45) is 2.93. The van der Waals surface area contributed by atoms with Gasteiger partial charge in [-0.05, 0) is 42.8 Å². The van der Waals surface area contributed by atoms with Gasteiger partial charge in [-0.25, -0.2) is 9.78 Å². The number of carbonyl (C=O) groups is 9. The molecule has 0 radical (unpaired) electrons. The molecule has 364 valence electrons. The minimum Gasteiger partial charge on any atom is -0.481 e.